The molecule has 1 heterocycles. The Morgan fingerprint density at radius 1 is 1.24 bits per heavy atom. The van der Waals surface area contributed by atoms with Crippen LogP contribution in [0.5, 0.6) is 0 Å². The molecule has 0 bridgehead atoms. The average molecular weight is 296 g/mol. The molecule has 0 spiro atoms. The number of hydrogen-bond donors (Lipinski definition) is 1. The molecule has 1 aliphatic carbocycles. The minimum atomic E-state index is -0.681. The van der Waals surface area contributed by atoms with Crippen LogP contribution in [-0.4, -0.2) is 59.0 Å². The summed E-state index contributed by atoms with van der Waals surface area (Å²) in [5.74, 6) is 0.399. The Kier molecular flexibility index (Phi) is 5.62. The molecule has 3 atom stereocenters. The van der Waals surface area contributed by atoms with Crippen molar-refractivity contribution in [2.24, 2.45) is 11.8 Å². The SMILES string of the molecule is CCN(CC)C(=O)CCCN1CC2CCCC2C1C(=O)O. The largest absolute Gasteiger partial charge is 0.480 e. The molecule has 1 saturated heterocycles. The van der Waals surface area contributed by atoms with E-state index in [4.69, 9.17) is 0 Å². The van der Waals surface area contributed by atoms with Crippen molar-refractivity contribution in [3.8, 4) is 0 Å². The van der Waals surface area contributed by atoms with Gasteiger partial charge < -0.3 is 10.0 Å². The van der Waals surface area contributed by atoms with Gasteiger partial charge in [0.05, 0.1) is 0 Å². The van der Waals surface area contributed by atoms with Gasteiger partial charge in [0.15, 0.2) is 0 Å². The van der Waals surface area contributed by atoms with Crippen LogP contribution in [-0.2, 0) is 9.59 Å². The number of likely N-dealkylation sites (tertiary alicyclic amines) is 1. The van der Waals surface area contributed by atoms with E-state index in [9.17, 15) is 14.7 Å². The first-order chi connectivity index (χ1) is 10.1. The van der Waals surface area contributed by atoms with Crippen molar-refractivity contribution in [1.29, 1.82) is 0 Å². The Labute approximate surface area is 127 Å². The second kappa shape index (κ2) is 7.25. The van der Waals surface area contributed by atoms with Crippen LogP contribution >= 0.6 is 0 Å². The van der Waals surface area contributed by atoms with Gasteiger partial charge in [-0.05, 0) is 51.5 Å². The number of fused-ring (bicyclic) bond motifs is 1. The zero-order chi connectivity index (χ0) is 15.4. The number of amides is 1. The molecule has 5 heteroatoms. The smallest absolute Gasteiger partial charge is 0.321 e. The molecule has 0 radical (unpaired) electrons. The molecule has 1 saturated carbocycles. The lowest BCUT2D eigenvalue weighted by molar-refractivity contribution is -0.143. The topological polar surface area (TPSA) is 60.9 Å². The molecule has 0 aromatic heterocycles. The maximum absolute atomic E-state index is 12.0. The molecular formula is C16H28N2O3. The molecule has 1 amide bonds. The van der Waals surface area contributed by atoms with Crippen molar-refractivity contribution < 1.29 is 14.7 Å². The van der Waals surface area contributed by atoms with Crippen molar-refractivity contribution in [2.75, 3.05) is 26.2 Å². The van der Waals surface area contributed by atoms with Crippen LogP contribution in [0.4, 0.5) is 0 Å². The Morgan fingerprint density at radius 2 is 1.95 bits per heavy atom. The molecule has 0 aromatic carbocycles. The lowest BCUT2D eigenvalue weighted by atomic mass is 9.94. The van der Waals surface area contributed by atoms with Gasteiger partial charge in [-0.3, -0.25) is 14.5 Å². The lowest BCUT2D eigenvalue weighted by Crippen LogP contribution is -2.40. The Morgan fingerprint density at radius 3 is 2.57 bits per heavy atom. The number of aliphatic carboxylic acids is 1. The third-order valence-electron chi connectivity index (χ3n) is 5.19. The summed E-state index contributed by atoms with van der Waals surface area (Å²) in [6.07, 6.45) is 4.69. The number of nitrogens with zero attached hydrogens (tertiary/aromatic N) is 2. The van der Waals surface area contributed by atoms with Crippen LogP contribution in [0.15, 0.2) is 0 Å². The maximum Gasteiger partial charge on any atom is 0.321 e. The van der Waals surface area contributed by atoms with Crippen LogP contribution in [0, 0.1) is 11.8 Å². The van der Waals surface area contributed by atoms with E-state index < -0.39 is 5.97 Å². The van der Waals surface area contributed by atoms with E-state index in [-0.39, 0.29) is 11.9 Å². The average Bonchev–Trinajstić information content (AvgIpc) is 2.99. The van der Waals surface area contributed by atoms with Crippen LogP contribution in [0.1, 0.15) is 46.0 Å². The van der Waals surface area contributed by atoms with Gasteiger partial charge >= 0.3 is 5.97 Å². The molecule has 2 aliphatic rings. The molecule has 1 N–H and O–H groups in total. The van der Waals surface area contributed by atoms with Crippen molar-refractivity contribution in [2.45, 2.75) is 52.0 Å². The second-order valence-corrected chi connectivity index (χ2v) is 6.30. The number of hydrogen-bond acceptors (Lipinski definition) is 3. The summed E-state index contributed by atoms with van der Waals surface area (Å²) in [6, 6.07) is -0.318. The third kappa shape index (κ3) is 3.57. The molecule has 3 unspecified atom stereocenters. The first-order valence-electron chi connectivity index (χ1n) is 8.33. The first kappa shape index (κ1) is 16.3. The number of rotatable bonds is 7. The lowest BCUT2D eigenvalue weighted by Gasteiger charge is -2.24. The van der Waals surface area contributed by atoms with Gasteiger partial charge in [-0.25, -0.2) is 0 Å². The van der Waals surface area contributed by atoms with Crippen LogP contribution < -0.4 is 0 Å². The predicted molar refractivity (Wildman–Crippen MR) is 81.0 cm³/mol. The van der Waals surface area contributed by atoms with Crippen molar-refractivity contribution in [3.63, 3.8) is 0 Å². The van der Waals surface area contributed by atoms with E-state index in [0.717, 1.165) is 39.0 Å². The fourth-order valence-electron chi connectivity index (χ4n) is 4.13. The molecule has 21 heavy (non-hydrogen) atoms. The monoisotopic (exact) mass is 296 g/mol. The van der Waals surface area contributed by atoms with E-state index >= 15 is 0 Å². The van der Waals surface area contributed by atoms with E-state index in [0.29, 0.717) is 18.3 Å². The summed E-state index contributed by atoms with van der Waals surface area (Å²) in [4.78, 5) is 27.5. The highest BCUT2D eigenvalue weighted by molar-refractivity contribution is 5.76. The minimum Gasteiger partial charge on any atom is -0.480 e. The Hall–Kier alpha value is -1.10. The zero-order valence-electron chi connectivity index (χ0n) is 13.3. The van der Waals surface area contributed by atoms with Gasteiger partial charge in [0.25, 0.3) is 0 Å². The molecule has 2 fully saturated rings. The van der Waals surface area contributed by atoms with E-state index in [1.54, 1.807) is 0 Å². The molecule has 0 aromatic rings. The van der Waals surface area contributed by atoms with Gasteiger partial charge in [-0.2, -0.15) is 0 Å². The van der Waals surface area contributed by atoms with E-state index in [2.05, 4.69) is 4.90 Å². The van der Waals surface area contributed by atoms with Crippen molar-refractivity contribution in [1.82, 2.24) is 9.80 Å². The van der Waals surface area contributed by atoms with Gasteiger partial charge in [-0.15, -0.1) is 0 Å². The number of carboxylic acids is 1. The summed E-state index contributed by atoms with van der Waals surface area (Å²) in [5.41, 5.74) is 0. The number of carboxylic acid groups (broad SMARTS) is 1. The van der Waals surface area contributed by atoms with Crippen LogP contribution in [0.25, 0.3) is 0 Å². The fraction of sp³-hybridized carbons (Fsp3) is 0.875. The van der Waals surface area contributed by atoms with Crippen LogP contribution in [0.3, 0.4) is 0 Å². The summed E-state index contributed by atoms with van der Waals surface area (Å²) in [6.45, 7) is 7.12. The van der Waals surface area contributed by atoms with Gasteiger partial charge in [0, 0.05) is 26.1 Å². The quantitative estimate of drug-likeness (QED) is 0.778. The van der Waals surface area contributed by atoms with Gasteiger partial charge in [-0.1, -0.05) is 6.42 Å². The first-order valence-corrected chi connectivity index (χ1v) is 8.33. The molecular weight excluding hydrogens is 268 g/mol. The zero-order valence-corrected chi connectivity index (χ0v) is 13.3. The molecule has 1 aliphatic heterocycles. The predicted octanol–water partition coefficient (Wildman–Crippen LogP) is 1.82. The Balaban J connectivity index is 1.82. The normalized spacial score (nSPS) is 28.6. The Bertz CT molecular complexity index is 382. The maximum atomic E-state index is 12.0. The standard InChI is InChI=1S/C16H28N2O3/c1-3-17(4-2)14(19)9-6-10-18-11-12-7-5-8-13(12)15(18)16(20)21/h12-13,15H,3-11H2,1-2H3,(H,20,21). The summed E-state index contributed by atoms with van der Waals surface area (Å²) in [5, 5.41) is 9.49. The summed E-state index contributed by atoms with van der Waals surface area (Å²) < 4.78 is 0. The van der Waals surface area contributed by atoms with Crippen molar-refractivity contribution in [3.05, 3.63) is 0 Å². The highest BCUT2D eigenvalue weighted by Gasteiger charge is 2.47. The fourth-order valence-corrected chi connectivity index (χ4v) is 4.13. The number of carbonyl (C=O) groups is 2. The van der Waals surface area contributed by atoms with Gasteiger partial charge in [0.2, 0.25) is 5.91 Å². The summed E-state index contributed by atoms with van der Waals surface area (Å²) in [7, 11) is 0. The second-order valence-electron chi connectivity index (χ2n) is 6.30. The van der Waals surface area contributed by atoms with Gasteiger partial charge in [0.1, 0.15) is 6.04 Å². The molecule has 5 nitrogen and oxygen atoms in total. The summed E-state index contributed by atoms with van der Waals surface area (Å²) >= 11 is 0. The van der Waals surface area contributed by atoms with Crippen LogP contribution in [0.2, 0.25) is 0 Å². The molecule has 2 rings (SSSR count). The highest BCUT2D eigenvalue weighted by Crippen LogP contribution is 2.42. The highest BCUT2D eigenvalue weighted by atomic mass is 16.4. The minimum absolute atomic E-state index is 0.186. The van der Waals surface area contributed by atoms with Crippen molar-refractivity contribution >= 4 is 11.9 Å². The molecule has 120 valence electrons. The van der Waals surface area contributed by atoms with E-state index in [1.165, 1.54) is 12.8 Å². The van der Waals surface area contributed by atoms with E-state index in [1.807, 2.05) is 18.7 Å². The third-order valence-corrected chi connectivity index (χ3v) is 5.19. The number of carbonyl (C=O) groups excluding carboxylic acids is 1.